The predicted molar refractivity (Wildman–Crippen MR) is 44.8 cm³/mol. The first-order chi connectivity index (χ1) is 4.77. The first-order valence-electron chi connectivity index (χ1n) is 3.01. The maximum Gasteiger partial charge on any atom is 0.185 e. The average Bonchev–Trinajstić information content (AvgIpc) is 1.87. The highest BCUT2D eigenvalue weighted by atomic mass is 32.2. The van der Waals surface area contributed by atoms with E-state index in [1.165, 1.54) is 11.8 Å². The molecule has 60 valence electrons. The fourth-order valence-electron chi connectivity index (χ4n) is 0.439. The van der Waals surface area contributed by atoms with Gasteiger partial charge in [0.2, 0.25) is 0 Å². The summed E-state index contributed by atoms with van der Waals surface area (Å²) in [7, 11) is 0. The van der Waals surface area contributed by atoms with Crippen LogP contribution in [-0.2, 0) is 0 Å². The minimum absolute atomic E-state index is 0.133. The third kappa shape index (κ3) is 7.58. The Morgan fingerprint density at radius 2 is 2.20 bits per heavy atom. The average molecular weight is 163 g/mol. The molecule has 4 nitrogen and oxygen atoms in total. The van der Waals surface area contributed by atoms with Crippen LogP contribution in [0, 0.1) is 0 Å². The Bertz CT molecular complexity index is 103. The van der Waals surface area contributed by atoms with E-state index in [9.17, 15) is 0 Å². The van der Waals surface area contributed by atoms with Crippen molar-refractivity contribution in [3.05, 3.63) is 0 Å². The summed E-state index contributed by atoms with van der Waals surface area (Å²) in [6.07, 6.45) is 0.906. The standard InChI is InChI=1S/C5H13N3OS/c6-5(7)8-2-1-3-10-4-9/h9H,1-4H2,(H4,6,7,8). The van der Waals surface area contributed by atoms with E-state index in [0.717, 1.165) is 12.2 Å². The molecule has 0 bridgehead atoms. The lowest BCUT2D eigenvalue weighted by Gasteiger charge is -1.94. The molecule has 10 heavy (non-hydrogen) atoms. The summed E-state index contributed by atoms with van der Waals surface area (Å²) < 4.78 is 0. The molecule has 5 N–H and O–H groups in total. The molecule has 0 aliphatic rings. The fraction of sp³-hybridized carbons (Fsp3) is 0.800. The van der Waals surface area contributed by atoms with E-state index in [-0.39, 0.29) is 11.9 Å². The summed E-state index contributed by atoms with van der Waals surface area (Å²) in [6, 6.07) is 0. The SMILES string of the molecule is NC(N)=NCCCSCO. The van der Waals surface area contributed by atoms with Crippen molar-refractivity contribution in [3.8, 4) is 0 Å². The van der Waals surface area contributed by atoms with Gasteiger partial charge in [0.1, 0.15) is 0 Å². The molecule has 0 saturated carbocycles. The summed E-state index contributed by atoms with van der Waals surface area (Å²) in [5, 5.41) is 8.35. The van der Waals surface area contributed by atoms with Crippen LogP contribution in [0.4, 0.5) is 0 Å². The number of thioether (sulfide) groups is 1. The molecule has 0 rings (SSSR count). The number of aliphatic imine (C=N–C) groups is 1. The summed E-state index contributed by atoms with van der Waals surface area (Å²) in [4.78, 5) is 3.77. The van der Waals surface area contributed by atoms with Gasteiger partial charge < -0.3 is 16.6 Å². The normalized spacial score (nSPS) is 9.30. The molecule has 0 fully saturated rings. The summed E-state index contributed by atoms with van der Waals surface area (Å²) in [6.45, 7) is 0.648. The number of guanidine groups is 1. The van der Waals surface area contributed by atoms with Crippen LogP contribution in [-0.4, -0.2) is 29.3 Å². The van der Waals surface area contributed by atoms with Crippen LogP contribution >= 0.6 is 11.8 Å². The van der Waals surface area contributed by atoms with E-state index in [2.05, 4.69) is 4.99 Å². The smallest absolute Gasteiger partial charge is 0.185 e. The molecule has 0 aromatic carbocycles. The first kappa shape index (κ1) is 9.58. The van der Waals surface area contributed by atoms with Gasteiger partial charge in [-0.3, -0.25) is 4.99 Å². The molecule has 0 radical (unpaired) electrons. The minimum Gasteiger partial charge on any atom is -0.386 e. The van der Waals surface area contributed by atoms with E-state index in [4.69, 9.17) is 16.6 Å². The first-order valence-corrected chi connectivity index (χ1v) is 4.17. The highest BCUT2D eigenvalue weighted by Gasteiger charge is 1.85. The van der Waals surface area contributed by atoms with Crippen molar-refractivity contribution in [2.75, 3.05) is 18.2 Å². The van der Waals surface area contributed by atoms with Crippen LogP contribution < -0.4 is 11.5 Å². The van der Waals surface area contributed by atoms with Crippen molar-refractivity contribution in [1.29, 1.82) is 0 Å². The Labute approximate surface area is 64.7 Å². The van der Waals surface area contributed by atoms with Crippen molar-refractivity contribution in [2.24, 2.45) is 16.5 Å². The van der Waals surface area contributed by atoms with Crippen molar-refractivity contribution >= 4 is 17.7 Å². The van der Waals surface area contributed by atoms with Gasteiger partial charge in [-0.05, 0) is 12.2 Å². The maximum absolute atomic E-state index is 8.35. The Balaban J connectivity index is 2.98. The van der Waals surface area contributed by atoms with Crippen LogP contribution in [0.25, 0.3) is 0 Å². The molecule has 0 aliphatic heterocycles. The minimum atomic E-state index is 0.133. The number of rotatable bonds is 5. The predicted octanol–water partition coefficient (Wildman–Crippen LogP) is -0.667. The second kappa shape index (κ2) is 6.70. The van der Waals surface area contributed by atoms with E-state index in [1.807, 2.05) is 0 Å². The van der Waals surface area contributed by atoms with E-state index in [1.54, 1.807) is 0 Å². The number of hydrogen-bond acceptors (Lipinski definition) is 3. The lowest BCUT2D eigenvalue weighted by Crippen LogP contribution is -2.23. The third-order valence-corrected chi connectivity index (χ3v) is 1.59. The molecule has 0 spiro atoms. The van der Waals surface area contributed by atoms with Gasteiger partial charge in [0.15, 0.2) is 5.96 Å². The van der Waals surface area contributed by atoms with Gasteiger partial charge in [-0.15, -0.1) is 11.8 Å². The van der Waals surface area contributed by atoms with Gasteiger partial charge in [0, 0.05) is 6.54 Å². The third-order valence-electron chi connectivity index (χ3n) is 0.832. The summed E-state index contributed by atoms with van der Waals surface area (Å²) in [5.74, 6) is 1.20. The zero-order chi connectivity index (χ0) is 7.82. The fourth-order valence-corrected chi connectivity index (χ4v) is 0.902. The highest BCUT2D eigenvalue weighted by molar-refractivity contribution is 7.99. The van der Waals surface area contributed by atoms with Gasteiger partial charge >= 0.3 is 0 Å². The van der Waals surface area contributed by atoms with Gasteiger partial charge in [-0.1, -0.05) is 0 Å². The van der Waals surface area contributed by atoms with Crippen LogP contribution in [0.2, 0.25) is 0 Å². The monoisotopic (exact) mass is 163 g/mol. The van der Waals surface area contributed by atoms with Crippen molar-refractivity contribution in [2.45, 2.75) is 6.42 Å². The lowest BCUT2D eigenvalue weighted by molar-refractivity contribution is 0.375. The van der Waals surface area contributed by atoms with Crippen LogP contribution in [0.3, 0.4) is 0 Å². The van der Waals surface area contributed by atoms with Gasteiger partial charge in [-0.25, -0.2) is 0 Å². The number of nitrogens with two attached hydrogens (primary N) is 2. The Morgan fingerprint density at radius 3 is 2.70 bits per heavy atom. The number of hydrogen-bond donors (Lipinski definition) is 3. The topological polar surface area (TPSA) is 84.6 Å². The Kier molecular flexibility index (Phi) is 6.42. The van der Waals surface area contributed by atoms with Gasteiger partial charge in [0.25, 0.3) is 0 Å². The second-order valence-corrected chi connectivity index (χ2v) is 2.77. The van der Waals surface area contributed by atoms with Crippen molar-refractivity contribution in [1.82, 2.24) is 0 Å². The molecule has 0 unspecified atom stereocenters. The van der Waals surface area contributed by atoms with E-state index >= 15 is 0 Å². The number of aliphatic hydroxyl groups is 1. The van der Waals surface area contributed by atoms with Gasteiger partial charge in [-0.2, -0.15) is 0 Å². The van der Waals surface area contributed by atoms with Crippen molar-refractivity contribution < 1.29 is 5.11 Å². The van der Waals surface area contributed by atoms with E-state index in [0.29, 0.717) is 6.54 Å². The second-order valence-electron chi connectivity index (χ2n) is 1.70. The van der Waals surface area contributed by atoms with Crippen LogP contribution in [0.1, 0.15) is 6.42 Å². The molecular formula is C5H13N3OS. The van der Waals surface area contributed by atoms with E-state index < -0.39 is 0 Å². The van der Waals surface area contributed by atoms with Crippen LogP contribution in [0.5, 0.6) is 0 Å². The molecular weight excluding hydrogens is 150 g/mol. The highest BCUT2D eigenvalue weighted by Crippen LogP contribution is 1.98. The van der Waals surface area contributed by atoms with Crippen LogP contribution in [0.15, 0.2) is 4.99 Å². The zero-order valence-electron chi connectivity index (χ0n) is 5.79. The quantitative estimate of drug-likeness (QED) is 0.217. The maximum atomic E-state index is 8.35. The molecule has 0 heterocycles. The molecule has 0 atom stereocenters. The number of nitrogens with zero attached hydrogens (tertiary/aromatic N) is 1. The largest absolute Gasteiger partial charge is 0.386 e. The summed E-state index contributed by atoms with van der Waals surface area (Å²) >= 11 is 1.46. The number of aliphatic hydroxyl groups excluding tert-OH is 1. The molecule has 0 aromatic heterocycles. The molecule has 5 heteroatoms. The molecule has 0 aromatic rings. The zero-order valence-corrected chi connectivity index (χ0v) is 6.60. The lowest BCUT2D eigenvalue weighted by atomic mass is 10.5. The Hall–Kier alpha value is -0.420. The molecule has 0 aliphatic carbocycles. The molecule has 0 saturated heterocycles. The Morgan fingerprint density at radius 1 is 1.50 bits per heavy atom. The van der Waals surface area contributed by atoms with Crippen molar-refractivity contribution in [3.63, 3.8) is 0 Å². The molecule has 0 amide bonds. The van der Waals surface area contributed by atoms with Gasteiger partial charge in [0.05, 0.1) is 5.94 Å². The summed E-state index contributed by atoms with van der Waals surface area (Å²) in [5.41, 5.74) is 10.2.